The molecule has 2 aromatic heterocycles. The highest BCUT2D eigenvalue weighted by Gasteiger charge is 2.01. The van der Waals surface area contributed by atoms with Crippen molar-refractivity contribution in [1.82, 2.24) is 15.0 Å². The number of hydrogen-bond acceptors (Lipinski definition) is 4. The van der Waals surface area contributed by atoms with E-state index in [2.05, 4.69) is 30.9 Å². The van der Waals surface area contributed by atoms with E-state index in [0.717, 1.165) is 11.4 Å². The molecule has 0 bridgehead atoms. The number of aromatic nitrogens is 3. The van der Waals surface area contributed by atoms with E-state index in [1.54, 1.807) is 30.6 Å². The van der Waals surface area contributed by atoms with Gasteiger partial charge in [0.05, 0.1) is 11.4 Å². The third-order valence-corrected chi connectivity index (χ3v) is 2.05. The minimum atomic E-state index is 0.541. The molecule has 0 atom stereocenters. The van der Waals surface area contributed by atoms with E-state index in [-0.39, 0.29) is 0 Å². The topological polar surface area (TPSA) is 64.7 Å². The van der Waals surface area contributed by atoms with Gasteiger partial charge < -0.3 is 5.73 Å². The fourth-order valence-corrected chi connectivity index (χ4v) is 1.37. The zero-order valence-corrected chi connectivity index (χ0v) is 8.77. The fourth-order valence-electron chi connectivity index (χ4n) is 1.06. The van der Waals surface area contributed by atoms with Gasteiger partial charge in [0.15, 0.2) is 4.73 Å². The molecule has 0 spiro atoms. The fraction of sp³-hybridized carbons (Fsp3) is 0. The summed E-state index contributed by atoms with van der Waals surface area (Å²) < 4.78 is 0.541. The van der Waals surface area contributed by atoms with Gasteiger partial charge in [-0.15, -0.1) is 0 Å². The summed E-state index contributed by atoms with van der Waals surface area (Å²) in [5, 5.41) is 0. The van der Waals surface area contributed by atoms with Crippen LogP contribution in [-0.2, 0) is 0 Å². The van der Waals surface area contributed by atoms with Gasteiger partial charge in [0.2, 0.25) is 0 Å². The van der Waals surface area contributed by atoms with Crippen LogP contribution in [0.2, 0.25) is 0 Å². The van der Waals surface area contributed by atoms with Crippen LogP contribution in [0.25, 0.3) is 11.4 Å². The smallest absolute Gasteiger partial charge is 0.197 e. The third kappa shape index (κ3) is 1.88. The maximum Gasteiger partial charge on any atom is 0.197 e. The van der Waals surface area contributed by atoms with Crippen LogP contribution in [0, 0.1) is 0 Å². The van der Waals surface area contributed by atoms with E-state index in [0.29, 0.717) is 10.4 Å². The molecule has 0 fully saturated rings. The number of rotatable bonds is 1. The van der Waals surface area contributed by atoms with Gasteiger partial charge in [0, 0.05) is 18.1 Å². The average Bonchev–Trinajstić information content (AvgIpc) is 2.18. The number of nitrogen functional groups attached to an aromatic ring is 1. The molecule has 0 aliphatic heterocycles. The second kappa shape index (κ2) is 3.71. The van der Waals surface area contributed by atoms with Crippen molar-refractivity contribution in [2.45, 2.75) is 0 Å². The van der Waals surface area contributed by atoms with Crippen LogP contribution in [0.15, 0.2) is 35.3 Å². The normalized spacial score (nSPS) is 10.1. The third-order valence-electron chi connectivity index (χ3n) is 1.67. The van der Waals surface area contributed by atoms with Crippen molar-refractivity contribution in [2.24, 2.45) is 0 Å². The quantitative estimate of drug-likeness (QED) is 0.786. The van der Waals surface area contributed by atoms with Crippen molar-refractivity contribution < 1.29 is 0 Å². The van der Waals surface area contributed by atoms with E-state index < -0.39 is 0 Å². The van der Waals surface area contributed by atoms with Crippen LogP contribution in [0.4, 0.5) is 5.69 Å². The lowest BCUT2D eigenvalue weighted by molar-refractivity contribution is 1.10. The Morgan fingerprint density at radius 2 is 1.86 bits per heavy atom. The second-order valence-corrected chi connectivity index (χ2v) is 3.39. The van der Waals surface area contributed by atoms with Gasteiger partial charge in [-0.3, -0.25) is 4.98 Å². The molecule has 2 N–H and O–H groups in total. The molecule has 0 amide bonds. The monoisotopic (exact) mass is 250 g/mol. The number of halogens is 1. The molecular formula is C9H7BrN4. The predicted octanol–water partition coefficient (Wildman–Crippen LogP) is 1.88. The maximum absolute atomic E-state index is 5.64. The lowest BCUT2D eigenvalue weighted by atomic mass is 10.2. The van der Waals surface area contributed by atoms with E-state index in [1.807, 2.05) is 0 Å². The number of anilines is 1. The Balaban J connectivity index is 2.49. The molecular weight excluding hydrogens is 244 g/mol. The zero-order chi connectivity index (χ0) is 9.97. The van der Waals surface area contributed by atoms with Gasteiger partial charge in [-0.2, -0.15) is 0 Å². The van der Waals surface area contributed by atoms with Crippen LogP contribution in [0.1, 0.15) is 0 Å². The number of nitrogens with zero attached hydrogens (tertiary/aromatic N) is 3. The lowest BCUT2D eigenvalue weighted by Crippen LogP contribution is -1.91. The highest BCUT2D eigenvalue weighted by molar-refractivity contribution is 9.10. The van der Waals surface area contributed by atoms with Crippen LogP contribution in [0.5, 0.6) is 0 Å². The summed E-state index contributed by atoms with van der Waals surface area (Å²) in [6, 6.07) is 5.29. The van der Waals surface area contributed by atoms with Crippen molar-refractivity contribution in [3.05, 3.63) is 35.3 Å². The molecule has 2 rings (SSSR count). The first-order valence-corrected chi connectivity index (χ1v) is 4.75. The SMILES string of the molecule is Nc1ccnc(-c2ccnc(Br)n2)c1. The van der Waals surface area contributed by atoms with Crippen molar-refractivity contribution >= 4 is 21.6 Å². The molecule has 0 unspecified atom stereocenters. The van der Waals surface area contributed by atoms with Crippen LogP contribution >= 0.6 is 15.9 Å². The zero-order valence-electron chi connectivity index (χ0n) is 7.18. The minimum absolute atomic E-state index is 0.541. The summed E-state index contributed by atoms with van der Waals surface area (Å²) in [5.41, 5.74) is 7.80. The van der Waals surface area contributed by atoms with Crippen LogP contribution < -0.4 is 5.73 Å². The molecule has 14 heavy (non-hydrogen) atoms. The molecule has 4 nitrogen and oxygen atoms in total. The molecule has 0 radical (unpaired) electrons. The number of nitrogens with two attached hydrogens (primary N) is 1. The summed E-state index contributed by atoms with van der Waals surface area (Å²) in [7, 11) is 0. The Morgan fingerprint density at radius 3 is 2.57 bits per heavy atom. The highest BCUT2D eigenvalue weighted by atomic mass is 79.9. The highest BCUT2D eigenvalue weighted by Crippen LogP contribution is 2.16. The first-order valence-electron chi connectivity index (χ1n) is 3.96. The molecule has 0 aliphatic rings. The van der Waals surface area contributed by atoms with E-state index in [9.17, 15) is 0 Å². The summed E-state index contributed by atoms with van der Waals surface area (Å²) in [6.07, 6.45) is 3.32. The minimum Gasteiger partial charge on any atom is -0.399 e. The Hall–Kier alpha value is -1.49. The van der Waals surface area contributed by atoms with Crippen molar-refractivity contribution in [1.29, 1.82) is 0 Å². The molecule has 0 aliphatic carbocycles. The largest absolute Gasteiger partial charge is 0.399 e. The maximum atomic E-state index is 5.64. The molecule has 0 saturated heterocycles. The number of pyridine rings is 1. The molecule has 0 saturated carbocycles. The van der Waals surface area contributed by atoms with Gasteiger partial charge in [-0.05, 0) is 34.1 Å². The first kappa shape index (κ1) is 9.08. The standard InChI is InChI=1S/C9H7BrN4/c10-9-13-4-2-7(14-9)8-5-6(11)1-3-12-8/h1-5H,(H2,11,12). The van der Waals surface area contributed by atoms with Gasteiger partial charge in [-0.1, -0.05) is 0 Å². The van der Waals surface area contributed by atoms with Gasteiger partial charge >= 0.3 is 0 Å². The lowest BCUT2D eigenvalue weighted by Gasteiger charge is -2.00. The predicted molar refractivity (Wildman–Crippen MR) is 57.4 cm³/mol. The van der Waals surface area contributed by atoms with Crippen molar-refractivity contribution in [3.8, 4) is 11.4 Å². The van der Waals surface area contributed by atoms with Crippen molar-refractivity contribution in [2.75, 3.05) is 5.73 Å². The van der Waals surface area contributed by atoms with E-state index >= 15 is 0 Å². The molecule has 0 aromatic carbocycles. The molecule has 5 heteroatoms. The summed E-state index contributed by atoms with van der Waals surface area (Å²) >= 11 is 3.20. The van der Waals surface area contributed by atoms with Gasteiger partial charge in [0.25, 0.3) is 0 Å². The first-order chi connectivity index (χ1) is 6.75. The van der Waals surface area contributed by atoms with E-state index in [4.69, 9.17) is 5.73 Å². The Kier molecular flexibility index (Phi) is 2.41. The van der Waals surface area contributed by atoms with Gasteiger partial charge in [-0.25, -0.2) is 9.97 Å². The van der Waals surface area contributed by atoms with Crippen LogP contribution in [0.3, 0.4) is 0 Å². The van der Waals surface area contributed by atoms with Crippen molar-refractivity contribution in [3.63, 3.8) is 0 Å². The number of hydrogen-bond donors (Lipinski definition) is 1. The summed E-state index contributed by atoms with van der Waals surface area (Å²) in [5.74, 6) is 0. The average molecular weight is 251 g/mol. The Morgan fingerprint density at radius 1 is 1.07 bits per heavy atom. The van der Waals surface area contributed by atoms with Gasteiger partial charge in [0.1, 0.15) is 0 Å². The molecule has 70 valence electrons. The summed E-state index contributed by atoms with van der Waals surface area (Å²) in [4.78, 5) is 12.3. The molecule has 2 heterocycles. The van der Waals surface area contributed by atoms with Crippen LogP contribution in [-0.4, -0.2) is 15.0 Å². The van der Waals surface area contributed by atoms with E-state index in [1.165, 1.54) is 0 Å². The Bertz CT molecular complexity index is 415. The Labute approximate surface area is 89.4 Å². The molecule has 2 aromatic rings. The summed E-state index contributed by atoms with van der Waals surface area (Å²) in [6.45, 7) is 0. The second-order valence-electron chi connectivity index (χ2n) is 2.69.